The number of aryl methyl sites for hydroxylation is 2. The van der Waals surface area contributed by atoms with Crippen molar-refractivity contribution in [2.75, 3.05) is 14.2 Å². The van der Waals surface area contributed by atoms with Gasteiger partial charge in [0.05, 0.1) is 37.2 Å². The van der Waals surface area contributed by atoms with Crippen LogP contribution >= 0.6 is 0 Å². The average Bonchev–Trinajstić information content (AvgIpc) is 3.76. The van der Waals surface area contributed by atoms with Crippen molar-refractivity contribution in [3.63, 3.8) is 0 Å². The number of pyridine rings is 2. The second-order valence-corrected chi connectivity index (χ2v) is 12.6. The van der Waals surface area contributed by atoms with Gasteiger partial charge in [-0.05, 0) is 87.7 Å². The molecule has 0 amide bonds. The maximum atomic E-state index is 12.3. The van der Waals surface area contributed by atoms with Crippen molar-refractivity contribution >= 4 is 35.1 Å². The largest absolute Gasteiger partial charge is 0.465 e. The summed E-state index contributed by atoms with van der Waals surface area (Å²) in [6.45, 7) is 9.24. The van der Waals surface area contributed by atoms with Crippen molar-refractivity contribution in [3.05, 3.63) is 129 Å². The molecule has 0 atom stereocenters. The summed E-state index contributed by atoms with van der Waals surface area (Å²) >= 11 is 0. The molecule has 3 aromatic heterocycles. The van der Waals surface area contributed by atoms with Gasteiger partial charge in [0.2, 0.25) is 0 Å². The Morgan fingerprint density at radius 2 is 1.31 bits per heavy atom. The highest BCUT2D eigenvalue weighted by Crippen LogP contribution is 2.19. The van der Waals surface area contributed by atoms with E-state index >= 15 is 0 Å². The first-order valence-corrected chi connectivity index (χ1v) is 16.0. The molecule has 0 unspecified atom stereocenters. The van der Waals surface area contributed by atoms with Gasteiger partial charge >= 0.3 is 18.0 Å². The van der Waals surface area contributed by atoms with Crippen molar-refractivity contribution < 1.29 is 28.6 Å². The van der Waals surface area contributed by atoms with Crippen molar-refractivity contribution in [1.29, 1.82) is 0 Å². The number of benzene rings is 2. The fraction of sp³-hybridized carbons (Fsp3) is 0.220. The Balaban J connectivity index is 0.000000205. The summed E-state index contributed by atoms with van der Waals surface area (Å²) in [7, 11) is 2.71. The van der Waals surface area contributed by atoms with Crippen LogP contribution in [0.15, 0.2) is 73.2 Å². The summed E-state index contributed by atoms with van der Waals surface area (Å²) in [4.78, 5) is 44.3. The van der Waals surface area contributed by atoms with Gasteiger partial charge in [-0.1, -0.05) is 48.0 Å². The number of hydrogen-bond acceptors (Lipinski definition) is 9. The number of nitrogens with zero attached hydrogens (tertiary/aromatic N) is 4. The van der Waals surface area contributed by atoms with Crippen LogP contribution in [0.2, 0.25) is 0 Å². The number of ether oxygens (including phenoxy) is 3. The Labute approximate surface area is 296 Å². The monoisotopic (exact) mass is 680 g/mol. The number of esters is 2. The van der Waals surface area contributed by atoms with Crippen LogP contribution in [-0.2, 0) is 20.6 Å². The molecular formula is C41H36N4O6. The summed E-state index contributed by atoms with van der Waals surface area (Å²) < 4.78 is 16.0. The van der Waals surface area contributed by atoms with Crippen molar-refractivity contribution in [1.82, 2.24) is 19.7 Å². The van der Waals surface area contributed by atoms with E-state index in [-0.39, 0.29) is 5.97 Å². The van der Waals surface area contributed by atoms with Crippen LogP contribution in [0.3, 0.4) is 0 Å². The molecule has 0 fully saturated rings. The molecule has 0 saturated carbocycles. The number of hydrogen-bond donors (Lipinski definition) is 0. The minimum absolute atomic E-state index is 0.354. The van der Waals surface area contributed by atoms with Crippen LogP contribution in [0.1, 0.15) is 86.1 Å². The molecule has 0 saturated heterocycles. The highest BCUT2D eigenvalue weighted by molar-refractivity contribution is 5.90. The number of fused-ring (bicyclic) bond motifs is 2. The molecule has 0 spiro atoms. The fourth-order valence-electron chi connectivity index (χ4n) is 4.90. The lowest BCUT2D eigenvalue weighted by Gasteiger charge is -2.18. The van der Waals surface area contributed by atoms with Crippen LogP contribution in [-0.4, -0.2) is 57.6 Å². The number of rotatable bonds is 2. The van der Waals surface area contributed by atoms with Crippen LogP contribution in [0, 0.1) is 37.5 Å². The smallest absolute Gasteiger partial charge is 0.437 e. The van der Waals surface area contributed by atoms with Crippen molar-refractivity contribution in [2.24, 2.45) is 0 Å². The van der Waals surface area contributed by atoms with E-state index in [9.17, 15) is 14.4 Å². The Hall–Kier alpha value is -6.52. The molecule has 3 heterocycles. The SMILES string of the molecule is COC(=O)c1ccc(C)c(C#Cc2cnc3c(c2)C=CC3)c1.COC(=O)c1ccc(C)c(C#Cc2cnc3c(cnn3C(=O)OC(C)(C)C)c2)c1. The van der Waals surface area contributed by atoms with E-state index in [1.165, 1.54) is 14.2 Å². The normalized spacial score (nSPS) is 11.2. The van der Waals surface area contributed by atoms with Crippen LogP contribution in [0.4, 0.5) is 4.79 Å². The lowest BCUT2D eigenvalue weighted by atomic mass is 10.0. The predicted molar refractivity (Wildman–Crippen MR) is 193 cm³/mol. The third-order valence-corrected chi connectivity index (χ3v) is 7.59. The van der Waals surface area contributed by atoms with Gasteiger partial charge in [0.25, 0.3) is 0 Å². The molecule has 1 aliphatic rings. The zero-order valence-electron chi connectivity index (χ0n) is 29.5. The summed E-state index contributed by atoms with van der Waals surface area (Å²) in [6.07, 6.45) is 9.36. The standard InChI is InChI=1S/C22H21N3O4.C19H15NO2/c1-14-6-8-17(20(26)28-5)11-16(14)9-7-15-10-18-13-24-25(19(18)23-12-15)21(27)29-22(2,3)4;1-13-6-8-17(19(21)22-2)11-15(13)9-7-14-10-16-4-3-5-18(16)20-12-14/h6,8,10-13H,1-5H3;3-4,6,8,10-12H,5H2,1-2H3. The number of allylic oxidation sites excluding steroid dienone is 1. The summed E-state index contributed by atoms with van der Waals surface area (Å²) in [5.41, 5.74) is 7.97. The molecule has 2 aromatic carbocycles. The zero-order valence-corrected chi connectivity index (χ0v) is 29.5. The third kappa shape index (κ3) is 8.94. The molecule has 0 bridgehead atoms. The van der Waals surface area contributed by atoms with Crippen molar-refractivity contribution in [3.8, 4) is 23.7 Å². The number of methoxy groups -OCH3 is 2. The van der Waals surface area contributed by atoms with E-state index in [4.69, 9.17) is 14.2 Å². The highest BCUT2D eigenvalue weighted by Gasteiger charge is 2.20. The lowest BCUT2D eigenvalue weighted by Crippen LogP contribution is -2.27. The molecule has 10 heteroatoms. The quantitative estimate of drug-likeness (QED) is 0.112. The molecule has 10 nitrogen and oxygen atoms in total. The predicted octanol–water partition coefficient (Wildman–Crippen LogP) is 6.86. The minimum Gasteiger partial charge on any atom is -0.465 e. The molecule has 0 aliphatic heterocycles. The third-order valence-electron chi connectivity index (χ3n) is 7.59. The molecule has 5 aromatic rings. The number of carbonyl (C=O) groups is 3. The molecule has 0 N–H and O–H groups in total. The zero-order chi connectivity index (χ0) is 36.7. The topological polar surface area (TPSA) is 123 Å². The fourth-order valence-corrected chi connectivity index (χ4v) is 4.90. The van der Waals surface area contributed by atoms with E-state index < -0.39 is 17.7 Å². The lowest BCUT2D eigenvalue weighted by molar-refractivity contribution is 0.0519. The first-order chi connectivity index (χ1) is 24.3. The molecule has 0 radical (unpaired) electrons. The van der Waals surface area contributed by atoms with Gasteiger partial charge in [-0.15, -0.1) is 4.68 Å². The molecular weight excluding hydrogens is 644 g/mol. The van der Waals surface area contributed by atoms with Crippen LogP contribution in [0.25, 0.3) is 17.1 Å². The molecule has 51 heavy (non-hydrogen) atoms. The van der Waals surface area contributed by atoms with Crippen LogP contribution < -0.4 is 0 Å². The van der Waals surface area contributed by atoms with E-state index in [1.807, 2.05) is 32.0 Å². The Kier molecular flexibility index (Phi) is 10.8. The van der Waals surface area contributed by atoms with Gasteiger partial charge in [-0.2, -0.15) is 5.10 Å². The average molecular weight is 681 g/mol. The first kappa shape index (κ1) is 35.8. The van der Waals surface area contributed by atoms with Gasteiger partial charge in [0, 0.05) is 46.5 Å². The minimum atomic E-state index is -0.628. The van der Waals surface area contributed by atoms with E-state index in [0.29, 0.717) is 27.7 Å². The van der Waals surface area contributed by atoms with Gasteiger partial charge in [0.1, 0.15) is 5.60 Å². The van der Waals surface area contributed by atoms with E-state index in [2.05, 4.69) is 50.9 Å². The molecule has 256 valence electrons. The number of aromatic nitrogens is 4. The molecule has 6 rings (SSSR count). The summed E-state index contributed by atoms with van der Waals surface area (Å²) in [6, 6.07) is 14.4. The van der Waals surface area contributed by atoms with Gasteiger partial charge < -0.3 is 14.2 Å². The van der Waals surface area contributed by atoms with Crippen molar-refractivity contribution in [2.45, 2.75) is 46.6 Å². The highest BCUT2D eigenvalue weighted by atomic mass is 16.6. The number of carbonyl (C=O) groups excluding carboxylic acids is 3. The van der Waals surface area contributed by atoms with Gasteiger partial charge in [-0.25, -0.2) is 19.4 Å². The van der Waals surface area contributed by atoms with E-state index in [1.54, 1.807) is 69.7 Å². The summed E-state index contributed by atoms with van der Waals surface area (Å²) in [5, 5.41) is 4.74. The summed E-state index contributed by atoms with van der Waals surface area (Å²) in [5.74, 6) is 11.6. The first-order valence-electron chi connectivity index (χ1n) is 16.0. The Bertz CT molecular complexity index is 2320. The second-order valence-electron chi connectivity index (χ2n) is 12.6. The van der Waals surface area contributed by atoms with Gasteiger partial charge in [-0.3, -0.25) is 4.98 Å². The maximum Gasteiger partial charge on any atom is 0.437 e. The van der Waals surface area contributed by atoms with E-state index in [0.717, 1.165) is 50.2 Å². The second kappa shape index (κ2) is 15.4. The van der Waals surface area contributed by atoms with Crippen LogP contribution in [0.5, 0.6) is 0 Å². The molecule has 1 aliphatic carbocycles. The Morgan fingerprint density at radius 1 is 0.745 bits per heavy atom. The Morgan fingerprint density at radius 3 is 1.88 bits per heavy atom. The maximum absolute atomic E-state index is 12.3. The van der Waals surface area contributed by atoms with Gasteiger partial charge in [0.15, 0.2) is 5.65 Å².